The lowest BCUT2D eigenvalue weighted by Crippen LogP contribution is -2.20. The highest BCUT2D eigenvalue weighted by molar-refractivity contribution is 7.80. The first kappa shape index (κ1) is 9.85. The van der Waals surface area contributed by atoms with Gasteiger partial charge < -0.3 is 10.5 Å². The van der Waals surface area contributed by atoms with Gasteiger partial charge in [0.15, 0.2) is 0 Å². The highest BCUT2D eigenvalue weighted by Gasteiger charge is 2.05. The quantitative estimate of drug-likeness (QED) is 0.620. The third-order valence-electron chi connectivity index (χ3n) is 1.29. The van der Waals surface area contributed by atoms with E-state index in [1.54, 1.807) is 0 Å². The lowest BCUT2D eigenvalue weighted by molar-refractivity contribution is 0.0658. The SMILES string of the molecule is CCOC(CC)CC(N)=S. The molecule has 0 heterocycles. The molecule has 60 valence electrons. The van der Waals surface area contributed by atoms with Crippen LogP contribution in [0.4, 0.5) is 0 Å². The standard InChI is InChI=1S/C7H15NOS/c1-3-6(9-4-2)5-7(8)10/h6H,3-5H2,1-2H3,(H2,8,10). The van der Waals surface area contributed by atoms with E-state index in [0.717, 1.165) is 13.0 Å². The van der Waals surface area contributed by atoms with Gasteiger partial charge >= 0.3 is 0 Å². The first-order valence-corrected chi connectivity index (χ1v) is 4.01. The van der Waals surface area contributed by atoms with Crippen LogP contribution in [0.1, 0.15) is 26.7 Å². The van der Waals surface area contributed by atoms with Gasteiger partial charge in [-0.1, -0.05) is 19.1 Å². The van der Waals surface area contributed by atoms with Crippen molar-refractivity contribution in [2.75, 3.05) is 6.61 Å². The third kappa shape index (κ3) is 4.70. The number of nitrogens with two attached hydrogens (primary N) is 1. The summed E-state index contributed by atoms with van der Waals surface area (Å²) in [6, 6.07) is 0. The van der Waals surface area contributed by atoms with E-state index in [9.17, 15) is 0 Å². The van der Waals surface area contributed by atoms with Crippen LogP contribution in [0, 0.1) is 0 Å². The fourth-order valence-electron chi connectivity index (χ4n) is 0.781. The first-order valence-electron chi connectivity index (χ1n) is 3.60. The minimum absolute atomic E-state index is 0.225. The van der Waals surface area contributed by atoms with Crippen LogP contribution < -0.4 is 5.73 Å². The van der Waals surface area contributed by atoms with Gasteiger partial charge in [0, 0.05) is 13.0 Å². The second-order valence-corrected chi connectivity index (χ2v) is 2.68. The van der Waals surface area contributed by atoms with Crippen molar-refractivity contribution < 1.29 is 4.74 Å². The normalized spacial score (nSPS) is 13.0. The maximum atomic E-state index is 5.35. The molecule has 0 aromatic rings. The summed E-state index contributed by atoms with van der Waals surface area (Å²) in [6.45, 7) is 4.78. The molecule has 2 nitrogen and oxygen atoms in total. The average Bonchev–Trinajstić information content (AvgIpc) is 1.86. The monoisotopic (exact) mass is 161 g/mol. The van der Waals surface area contributed by atoms with E-state index in [1.165, 1.54) is 0 Å². The summed E-state index contributed by atoms with van der Waals surface area (Å²) < 4.78 is 5.33. The van der Waals surface area contributed by atoms with E-state index in [-0.39, 0.29) is 6.10 Å². The van der Waals surface area contributed by atoms with Crippen molar-refractivity contribution in [1.29, 1.82) is 0 Å². The summed E-state index contributed by atoms with van der Waals surface area (Å²) >= 11 is 4.75. The maximum Gasteiger partial charge on any atom is 0.0753 e. The van der Waals surface area contributed by atoms with Gasteiger partial charge in [0.1, 0.15) is 0 Å². The molecule has 10 heavy (non-hydrogen) atoms. The first-order chi connectivity index (χ1) is 4.70. The molecule has 1 unspecified atom stereocenters. The smallest absolute Gasteiger partial charge is 0.0753 e. The van der Waals surface area contributed by atoms with Crippen LogP contribution in [0.5, 0.6) is 0 Å². The zero-order chi connectivity index (χ0) is 7.98. The van der Waals surface area contributed by atoms with E-state index < -0.39 is 0 Å². The zero-order valence-electron chi connectivity index (χ0n) is 6.59. The Bertz CT molecular complexity index is 106. The van der Waals surface area contributed by atoms with Gasteiger partial charge in [-0.25, -0.2) is 0 Å². The van der Waals surface area contributed by atoms with Crippen LogP contribution in [0.3, 0.4) is 0 Å². The molecule has 0 bridgehead atoms. The van der Waals surface area contributed by atoms with E-state index in [1.807, 2.05) is 6.92 Å². The van der Waals surface area contributed by atoms with Gasteiger partial charge in [0.2, 0.25) is 0 Å². The van der Waals surface area contributed by atoms with Crippen molar-refractivity contribution in [2.45, 2.75) is 32.8 Å². The van der Waals surface area contributed by atoms with Crippen LogP contribution >= 0.6 is 12.2 Å². The van der Waals surface area contributed by atoms with E-state index in [4.69, 9.17) is 22.7 Å². The molecule has 0 aromatic carbocycles. The van der Waals surface area contributed by atoms with Crippen LogP contribution in [0.2, 0.25) is 0 Å². The Morgan fingerprint density at radius 3 is 2.50 bits per heavy atom. The summed E-state index contributed by atoms with van der Waals surface area (Å²) in [7, 11) is 0. The third-order valence-corrected chi connectivity index (χ3v) is 1.45. The molecule has 0 amide bonds. The molecule has 0 aliphatic heterocycles. The predicted octanol–water partition coefficient (Wildman–Crippen LogP) is 1.48. The molecule has 0 aromatic heterocycles. The molecular weight excluding hydrogens is 146 g/mol. The Labute approximate surface area is 67.7 Å². The number of hydrogen-bond donors (Lipinski definition) is 1. The number of thiocarbonyl (C=S) groups is 1. The van der Waals surface area contributed by atoms with Crippen molar-refractivity contribution in [1.82, 2.24) is 0 Å². The second kappa shape index (κ2) is 5.62. The average molecular weight is 161 g/mol. The molecule has 2 N–H and O–H groups in total. The van der Waals surface area contributed by atoms with Crippen LogP contribution in [-0.4, -0.2) is 17.7 Å². The molecular formula is C7H15NOS. The molecule has 0 rings (SSSR count). The van der Waals surface area contributed by atoms with Crippen molar-refractivity contribution in [3.63, 3.8) is 0 Å². The Balaban J connectivity index is 3.49. The van der Waals surface area contributed by atoms with Gasteiger partial charge in [0.05, 0.1) is 11.1 Å². The van der Waals surface area contributed by atoms with Crippen molar-refractivity contribution in [3.05, 3.63) is 0 Å². The molecule has 1 atom stereocenters. The number of ether oxygens (including phenoxy) is 1. The summed E-state index contributed by atoms with van der Waals surface area (Å²) in [5.74, 6) is 0. The lowest BCUT2D eigenvalue weighted by atomic mass is 10.2. The Hall–Kier alpha value is -0.150. The van der Waals surface area contributed by atoms with Crippen LogP contribution in [0.15, 0.2) is 0 Å². The molecule has 0 fully saturated rings. The maximum absolute atomic E-state index is 5.35. The summed E-state index contributed by atoms with van der Waals surface area (Å²) in [5.41, 5.74) is 5.35. The van der Waals surface area contributed by atoms with Crippen molar-refractivity contribution in [3.8, 4) is 0 Å². The van der Waals surface area contributed by atoms with Crippen molar-refractivity contribution >= 4 is 17.2 Å². The van der Waals surface area contributed by atoms with Gasteiger partial charge in [-0.15, -0.1) is 0 Å². The minimum Gasteiger partial charge on any atom is -0.393 e. The Morgan fingerprint density at radius 2 is 2.20 bits per heavy atom. The minimum atomic E-state index is 0.225. The predicted molar refractivity (Wildman–Crippen MR) is 47.1 cm³/mol. The van der Waals surface area contributed by atoms with Crippen molar-refractivity contribution in [2.24, 2.45) is 5.73 Å². The Morgan fingerprint density at radius 1 is 1.60 bits per heavy atom. The van der Waals surface area contributed by atoms with Gasteiger partial charge in [0.25, 0.3) is 0 Å². The molecule has 0 radical (unpaired) electrons. The molecule has 0 saturated carbocycles. The number of hydrogen-bond acceptors (Lipinski definition) is 2. The van der Waals surface area contributed by atoms with Crippen LogP contribution in [0.25, 0.3) is 0 Å². The molecule has 0 aliphatic carbocycles. The van der Waals surface area contributed by atoms with Gasteiger partial charge in [-0.2, -0.15) is 0 Å². The number of rotatable bonds is 5. The molecule has 0 aliphatic rings. The Kier molecular flexibility index (Phi) is 5.54. The fourth-order valence-corrected chi connectivity index (χ4v) is 0.967. The van der Waals surface area contributed by atoms with Gasteiger partial charge in [-0.05, 0) is 13.3 Å². The van der Waals surface area contributed by atoms with Gasteiger partial charge in [-0.3, -0.25) is 0 Å². The molecule has 3 heteroatoms. The molecule has 0 spiro atoms. The lowest BCUT2D eigenvalue weighted by Gasteiger charge is -2.12. The topological polar surface area (TPSA) is 35.2 Å². The summed E-state index contributed by atoms with van der Waals surface area (Å²) in [6.07, 6.45) is 1.91. The highest BCUT2D eigenvalue weighted by atomic mass is 32.1. The zero-order valence-corrected chi connectivity index (χ0v) is 7.41. The largest absolute Gasteiger partial charge is 0.393 e. The summed E-state index contributed by atoms with van der Waals surface area (Å²) in [5, 5.41) is 0. The van der Waals surface area contributed by atoms with Crippen LogP contribution in [-0.2, 0) is 4.74 Å². The highest BCUT2D eigenvalue weighted by Crippen LogP contribution is 2.02. The summed E-state index contributed by atoms with van der Waals surface area (Å²) in [4.78, 5) is 0.542. The molecule has 0 saturated heterocycles. The van der Waals surface area contributed by atoms with E-state index >= 15 is 0 Å². The fraction of sp³-hybridized carbons (Fsp3) is 0.857. The second-order valence-electron chi connectivity index (χ2n) is 2.16. The van der Waals surface area contributed by atoms with E-state index in [2.05, 4.69) is 6.92 Å². The van der Waals surface area contributed by atoms with E-state index in [0.29, 0.717) is 11.4 Å².